The molecule has 0 heterocycles. The zero-order valence-electron chi connectivity index (χ0n) is 23.4. The second-order valence-corrected chi connectivity index (χ2v) is 11.3. The Morgan fingerprint density at radius 2 is 1.82 bits per heavy atom. The smallest absolute Gasteiger partial charge is 0.225 e. The SMILES string of the molecule is CNC(=O)C(Cc1cc(F)cc(F)c1)C(O)CNC1(c2cccc(C(C)(C)C)c2)CCC(=NOCCN)CC1. The van der Waals surface area contributed by atoms with Gasteiger partial charge in [0.2, 0.25) is 5.91 Å². The molecule has 2 atom stereocenters. The molecule has 5 N–H and O–H groups in total. The second kappa shape index (κ2) is 13.5. The van der Waals surface area contributed by atoms with Gasteiger partial charge < -0.3 is 26.3 Å². The number of carbonyl (C=O) groups is 1. The van der Waals surface area contributed by atoms with Gasteiger partial charge in [0.1, 0.15) is 18.2 Å². The minimum Gasteiger partial charge on any atom is -0.395 e. The molecular weight excluding hydrogens is 502 g/mol. The molecule has 1 amide bonds. The van der Waals surface area contributed by atoms with Crippen LogP contribution in [-0.2, 0) is 27.0 Å². The summed E-state index contributed by atoms with van der Waals surface area (Å²) in [6, 6.07) is 11.6. The topological polar surface area (TPSA) is 109 Å². The third kappa shape index (κ3) is 8.30. The molecule has 1 aliphatic carbocycles. The van der Waals surface area contributed by atoms with Crippen LogP contribution >= 0.6 is 0 Å². The number of amides is 1. The van der Waals surface area contributed by atoms with Crippen molar-refractivity contribution in [3.05, 3.63) is 70.8 Å². The van der Waals surface area contributed by atoms with Crippen LogP contribution in [0.3, 0.4) is 0 Å². The molecule has 9 heteroatoms. The fraction of sp³-hybridized carbons (Fsp3) is 0.533. The molecule has 0 radical (unpaired) electrons. The van der Waals surface area contributed by atoms with E-state index >= 15 is 0 Å². The summed E-state index contributed by atoms with van der Waals surface area (Å²) in [6.07, 6.45) is 1.75. The second-order valence-electron chi connectivity index (χ2n) is 11.3. The number of hydrogen-bond donors (Lipinski definition) is 4. The van der Waals surface area contributed by atoms with Gasteiger partial charge in [-0.25, -0.2) is 8.78 Å². The molecule has 39 heavy (non-hydrogen) atoms. The molecule has 0 spiro atoms. The van der Waals surface area contributed by atoms with Gasteiger partial charge in [-0.3, -0.25) is 4.79 Å². The van der Waals surface area contributed by atoms with Crippen molar-refractivity contribution in [2.45, 2.75) is 69.9 Å². The average Bonchev–Trinajstić information content (AvgIpc) is 2.90. The third-order valence-electron chi connectivity index (χ3n) is 7.44. The quantitative estimate of drug-likeness (QED) is 0.253. The van der Waals surface area contributed by atoms with Crippen LogP contribution in [0.25, 0.3) is 0 Å². The molecule has 1 fully saturated rings. The van der Waals surface area contributed by atoms with Gasteiger partial charge in [0.25, 0.3) is 0 Å². The third-order valence-corrected chi connectivity index (χ3v) is 7.44. The van der Waals surface area contributed by atoms with Crippen molar-refractivity contribution in [2.24, 2.45) is 16.8 Å². The molecule has 0 aromatic heterocycles. The van der Waals surface area contributed by atoms with E-state index in [0.717, 1.165) is 30.2 Å². The van der Waals surface area contributed by atoms with E-state index in [1.807, 2.05) is 0 Å². The fourth-order valence-corrected chi connectivity index (χ4v) is 5.11. The molecule has 0 aliphatic heterocycles. The summed E-state index contributed by atoms with van der Waals surface area (Å²) >= 11 is 0. The normalized spacial score (nSPS) is 19.3. The van der Waals surface area contributed by atoms with Gasteiger partial charge in [-0.15, -0.1) is 0 Å². The zero-order valence-corrected chi connectivity index (χ0v) is 23.4. The molecule has 2 aromatic rings. The highest BCUT2D eigenvalue weighted by Gasteiger charge is 2.38. The van der Waals surface area contributed by atoms with Crippen LogP contribution in [0.15, 0.2) is 47.6 Å². The Hall–Kier alpha value is -2.88. The molecule has 2 aromatic carbocycles. The maximum absolute atomic E-state index is 13.8. The van der Waals surface area contributed by atoms with E-state index in [1.165, 1.54) is 24.7 Å². The molecule has 1 saturated carbocycles. The van der Waals surface area contributed by atoms with Crippen LogP contribution in [0.4, 0.5) is 8.78 Å². The lowest BCUT2D eigenvalue weighted by Crippen LogP contribution is -2.51. The summed E-state index contributed by atoms with van der Waals surface area (Å²) in [4.78, 5) is 18.0. The van der Waals surface area contributed by atoms with E-state index in [4.69, 9.17) is 10.6 Å². The van der Waals surface area contributed by atoms with Crippen molar-refractivity contribution in [1.82, 2.24) is 10.6 Å². The van der Waals surface area contributed by atoms with Crippen LogP contribution in [0.1, 0.15) is 63.1 Å². The predicted octanol–water partition coefficient (Wildman–Crippen LogP) is 3.92. The van der Waals surface area contributed by atoms with E-state index in [1.54, 1.807) is 0 Å². The van der Waals surface area contributed by atoms with Gasteiger partial charge in [0.15, 0.2) is 0 Å². The molecule has 0 bridgehead atoms. The van der Waals surface area contributed by atoms with Gasteiger partial charge in [0, 0.05) is 31.7 Å². The molecule has 7 nitrogen and oxygen atoms in total. The minimum absolute atomic E-state index is 0.000995. The Bertz CT molecular complexity index is 1120. The number of halogens is 2. The standard InChI is InChI=1S/C30H42F2N4O3/c1-29(2,3)21-6-5-7-22(17-21)30(10-8-25(9-11-30)36-39-13-12-33)35-19-27(37)26(28(38)34-4)16-20-14-23(31)18-24(32)15-20/h5-7,14-15,17-18,26-27,35,37H,8-13,16,19,33H2,1-4H3,(H,34,38). The highest BCUT2D eigenvalue weighted by molar-refractivity contribution is 5.85. The number of oxime groups is 1. The van der Waals surface area contributed by atoms with Gasteiger partial charge in [0.05, 0.1) is 17.7 Å². The van der Waals surface area contributed by atoms with Crippen molar-refractivity contribution < 1.29 is 23.5 Å². The Morgan fingerprint density at radius 1 is 1.15 bits per heavy atom. The van der Waals surface area contributed by atoms with E-state index in [9.17, 15) is 18.7 Å². The number of hydrogen-bond acceptors (Lipinski definition) is 6. The maximum Gasteiger partial charge on any atom is 0.225 e. The summed E-state index contributed by atoms with van der Waals surface area (Å²) in [5.74, 6) is -2.73. The number of benzene rings is 2. The first kappa shape index (κ1) is 30.7. The number of aliphatic hydroxyl groups excluding tert-OH is 1. The molecule has 2 unspecified atom stereocenters. The van der Waals surface area contributed by atoms with E-state index in [2.05, 4.69) is 60.8 Å². The Kier molecular flexibility index (Phi) is 10.6. The maximum atomic E-state index is 13.8. The van der Waals surface area contributed by atoms with Crippen molar-refractivity contribution in [2.75, 3.05) is 26.7 Å². The first-order valence-corrected chi connectivity index (χ1v) is 13.6. The summed E-state index contributed by atoms with van der Waals surface area (Å²) < 4.78 is 27.6. The predicted molar refractivity (Wildman–Crippen MR) is 149 cm³/mol. The number of nitrogens with two attached hydrogens (primary N) is 1. The van der Waals surface area contributed by atoms with Crippen LogP contribution in [0.2, 0.25) is 0 Å². The lowest BCUT2D eigenvalue weighted by atomic mass is 9.74. The number of carbonyl (C=O) groups excluding carboxylic acids is 1. The Balaban J connectivity index is 1.85. The van der Waals surface area contributed by atoms with Crippen LogP contribution in [0.5, 0.6) is 0 Å². The summed E-state index contributed by atoms with van der Waals surface area (Å²) in [7, 11) is 1.48. The van der Waals surface area contributed by atoms with Gasteiger partial charge >= 0.3 is 0 Å². The van der Waals surface area contributed by atoms with Crippen LogP contribution < -0.4 is 16.4 Å². The Labute approximate surface area is 230 Å². The number of aliphatic hydroxyl groups is 1. The summed E-state index contributed by atoms with van der Waals surface area (Å²) in [6.45, 7) is 7.38. The lowest BCUT2D eigenvalue weighted by Gasteiger charge is -2.41. The van der Waals surface area contributed by atoms with Gasteiger partial charge in [-0.1, -0.05) is 50.2 Å². The monoisotopic (exact) mass is 544 g/mol. The number of nitrogens with zero attached hydrogens (tertiary/aromatic N) is 1. The van der Waals surface area contributed by atoms with Crippen molar-refractivity contribution >= 4 is 11.6 Å². The number of rotatable bonds is 11. The highest BCUT2D eigenvalue weighted by Crippen LogP contribution is 2.38. The summed E-state index contributed by atoms with van der Waals surface area (Å²) in [5, 5.41) is 21.6. The van der Waals surface area contributed by atoms with Crippen molar-refractivity contribution in [3.8, 4) is 0 Å². The fourth-order valence-electron chi connectivity index (χ4n) is 5.11. The molecule has 214 valence electrons. The van der Waals surface area contributed by atoms with E-state index < -0.39 is 35.1 Å². The van der Waals surface area contributed by atoms with Crippen LogP contribution in [-0.4, -0.2) is 49.6 Å². The Morgan fingerprint density at radius 3 is 2.41 bits per heavy atom. The summed E-state index contributed by atoms with van der Waals surface area (Å²) in [5.41, 5.74) is 8.57. The van der Waals surface area contributed by atoms with Crippen molar-refractivity contribution in [1.29, 1.82) is 0 Å². The van der Waals surface area contributed by atoms with Crippen LogP contribution in [0, 0.1) is 17.6 Å². The highest BCUT2D eigenvalue weighted by atomic mass is 19.1. The first-order chi connectivity index (χ1) is 18.5. The van der Waals surface area contributed by atoms with Crippen molar-refractivity contribution in [3.63, 3.8) is 0 Å². The minimum atomic E-state index is -1.10. The molecule has 0 saturated heterocycles. The lowest BCUT2D eigenvalue weighted by molar-refractivity contribution is -0.128. The molecular formula is C30H42F2N4O3. The van der Waals surface area contributed by atoms with Gasteiger partial charge in [-0.2, -0.15) is 0 Å². The zero-order chi connectivity index (χ0) is 28.6. The largest absolute Gasteiger partial charge is 0.395 e. The molecule has 3 rings (SSSR count). The van der Waals surface area contributed by atoms with Gasteiger partial charge in [-0.05, 0) is 66.3 Å². The van der Waals surface area contributed by atoms with E-state index in [-0.39, 0.29) is 18.4 Å². The molecule has 1 aliphatic rings. The average molecular weight is 545 g/mol. The number of nitrogens with one attached hydrogen (secondary N) is 2. The first-order valence-electron chi connectivity index (χ1n) is 13.6. The van der Waals surface area contributed by atoms with E-state index in [0.29, 0.717) is 31.6 Å².